The Morgan fingerprint density at radius 2 is 1.77 bits per heavy atom. The number of carbonyl (C=O) groups excluding carboxylic acids is 2. The zero-order chi connectivity index (χ0) is 18.7. The largest absolute Gasteiger partial charge is 0.341 e. The summed E-state index contributed by atoms with van der Waals surface area (Å²) in [5.74, 6) is -0.0623. The molecule has 3 rings (SSSR count). The van der Waals surface area contributed by atoms with Crippen LogP contribution in [0.3, 0.4) is 0 Å². The van der Waals surface area contributed by atoms with Gasteiger partial charge in [0.2, 0.25) is 5.91 Å². The van der Waals surface area contributed by atoms with E-state index in [1.54, 1.807) is 0 Å². The Morgan fingerprint density at radius 1 is 1.12 bits per heavy atom. The molecule has 1 aromatic carbocycles. The predicted octanol–water partition coefficient (Wildman–Crippen LogP) is 2.35. The minimum absolute atomic E-state index is 0.0564. The van der Waals surface area contributed by atoms with Crippen LogP contribution in [-0.4, -0.2) is 48.9 Å². The molecule has 2 saturated heterocycles. The van der Waals surface area contributed by atoms with E-state index in [0.29, 0.717) is 11.0 Å². The zero-order valence-corrected chi connectivity index (χ0v) is 16.2. The molecular weight excluding hydrogens is 326 g/mol. The Balaban J connectivity index is 1.63. The average Bonchev–Trinajstić information content (AvgIpc) is 3.08. The summed E-state index contributed by atoms with van der Waals surface area (Å²) >= 11 is 0. The molecule has 2 fully saturated rings. The Morgan fingerprint density at radius 3 is 2.31 bits per heavy atom. The van der Waals surface area contributed by atoms with Crippen LogP contribution in [0.2, 0.25) is 0 Å². The molecule has 2 heterocycles. The fourth-order valence-electron chi connectivity index (χ4n) is 4.06. The fourth-order valence-corrected chi connectivity index (χ4v) is 4.06. The summed E-state index contributed by atoms with van der Waals surface area (Å²) in [5, 5.41) is 6.42. The number of benzene rings is 1. The molecule has 2 aliphatic rings. The van der Waals surface area contributed by atoms with Gasteiger partial charge in [0.05, 0.1) is 0 Å². The first kappa shape index (κ1) is 18.9. The Bertz CT molecular complexity index is 638. The number of hydrogen-bond donors (Lipinski definition) is 2. The van der Waals surface area contributed by atoms with Gasteiger partial charge < -0.3 is 15.5 Å². The number of nitrogens with one attached hydrogen (secondary N) is 2. The van der Waals surface area contributed by atoms with Gasteiger partial charge in [0, 0.05) is 25.2 Å². The molecule has 1 spiro atoms. The molecule has 2 amide bonds. The van der Waals surface area contributed by atoms with Gasteiger partial charge in [0.25, 0.3) is 5.91 Å². The second-order valence-electron chi connectivity index (χ2n) is 8.31. The molecule has 0 aliphatic carbocycles. The standard InChI is InChI=1S/C21H31N3O2/c1-15(2)18(23-19(25)17-6-4-16(3)5-7-17)20(26)24-12-9-21(10-13-24)8-11-22-14-21/h4-7,15,18,22H,8-14H2,1-3H3,(H,23,25). The monoisotopic (exact) mass is 357 g/mol. The van der Waals surface area contributed by atoms with Crippen molar-refractivity contribution in [3.63, 3.8) is 0 Å². The van der Waals surface area contributed by atoms with Crippen LogP contribution in [0.5, 0.6) is 0 Å². The maximum atomic E-state index is 13.1. The van der Waals surface area contributed by atoms with Crippen LogP contribution in [0.4, 0.5) is 0 Å². The van der Waals surface area contributed by atoms with Crippen LogP contribution >= 0.6 is 0 Å². The zero-order valence-electron chi connectivity index (χ0n) is 16.2. The first-order chi connectivity index (χ1) is 12.4. The van der Waals surface area contributed by atoms with Gasteiger partial charge in [-0.1, -0.05) is 31.5 Å². The minimum Gasteiger partial charge on any atom is -0.341 e. The molecule has 26 heavy (non-hydrogen) atoms. The third-order valence-corrected chi connectivity index (χ3v) is 6.00. The molecule has 1 aromatic rings. The second kappa shape index (κ2) is 7.78. The summed E-state index contributed by atoms with van der Waals surface area (Å²) in [6, 6.07) is 6.98. The second-order valence-corrected chi connectivity index (χ2v) is 8.31. The van der Waals surface area contributed by atoms with Gasteiger partial charge in [-0.3, -0.25) is 9.59 Å². The quantitative estimate of drug-likeness (QED) is 0.870. The maximum Gasteiger partial charge on any atom is 0.251 e. The molecular formula is C21H31N3O2. The summed E-state index contributed by atoms with van der Waals surface area (Å²) in [7, 11) is 0. The molecule has 0 aromatic heterocycles. The molecule has 5 heteroatoms. The van der Waals surface area contributed by atoms with Crippen LogP contribution in [0.1, 0.15) is 49.0 Å². The van der Waals surface area contributed by atoms with Crippen molar-refractivity contribution in [2.24, 2.45) is 11.3 Å². The van der Waals surface area contributed by atoms with E-state index >= 15 is 0 Å². The van der Waals surface area contributed by atoms with Crippen LogP contribution in [0, 0.1) is 18.3 Å². The van der Waals surface area contributed by atoms with Gasteiger partial charge in [-0.25, -0.2) is 0 Å². The highest BCUT2D eigenvalue weighted by Crippen LogP contribution is 2.37. The van der Waals surface area contributed by atoms with Crippen molar-refractivity contribution in [3.8, 4) is 0 Å². The van der Waals surface area contributed by atoms with Crippen LogP contribution in [-0.2, 0) is 4.79 Å². The summed E-state index contributed by atoms with van der Waals surface area (Å²) < 4.78 is 0. The van der Waals surface area contributed by atoms with E-state index in [4.69, 9.17) is 0 Å². The first-order valence-corrected chi connectivity index (χ1v) is 9.77. The molecule has 1 unspecified atom stereocenters. The molecule has 142 valence electrons. The lowest BCUT2D eigenvalue weighted by Gasteiger charge is -2.40. The molecule has 0 bridgehead atoms. The maximum absolute atomic E-state index is 13.1. The van der Waals surface area contributed by atoms with Crippen LogP contribution in [0.15, 0.2) is 24.3 Å². The van der Waals surface area contributed by atoms with Crippen molar-refractivity contribution in [1.82, 2.24) is 15.5 Å². The number of piperidine rings is 1. The summed E-state index contributed by atoms with van der Waals surface area (Å²) in [4.78, 5) is 27.6. The first-order valence-electron chi connectivity index (χ1n) is 9.77. The van der Waals surface area contributed by atoms with E-state index in [9.17, 15) is 9.59 Å². The van der Waals surface area contributed by atoms with Crippen molar-refractivity contribution in [3.05, 3.63) is 35.4 Å². The Hall–Kier alpha value is -1.88. The lowest BCUT2D eigenvalue weighted by Crippen LogP contribution is -2.54. The van der Waals surface area contributed by atoms with E-state index in [1.165, 1.54) is 6.42 Å². The summed E-state index contributed by atoms with van der Waals surface area (Å²) in [6.45, 7) is 9.73. The fraction of sp³-hybridized carbons (Fsp3) is 0.619. The van der Waals surface area contributed by atoms with Gasteiger partial charge in [0.1, 0.15) is 6.04 Å². The highest BCUT2D eigenvalue weighted by molar-refractivity contribution is 5.97. The van der Waals surface area contributed by atoms with Gasteiger partial charge in [0.15, 0.2) is 0 Å². The number of rotatable bonds is 4. The molecule has 2 aliphatic heterocycles. The number of likely N-dealkylation sites (tertiary alicyclic amines) is 1. The van der Waals surface area contributed by atoms with Gasteiger partial charge in [-0.2, -0.15) is 0 Å². The van der Waals surface area contributed by atoms with E-state index < -0.39 is 6.04 Å². The molecule has 0 radical (unpaired) electrons. The van der Waals surface area contributed by atoms with Gasteiger partial charge in [-0.05, 0) is 56.2 Å². The molecule has 2 N–H and O–H groups in total. The van der Waals surface area contributed by atoms with Crippen molar-refractivity contribution in [1.29, 1.82) is 0 Å². The number of amides is 2. The highest BCUT2D eigenvalue weighted by Gasteiger charge is 2.39. The third kappa shape index (κ3) is 4.09. The highest BCUT2D eigenvalue weighted by atomic mass is 16.2. The minimum atomic E-state index is -0.473. The topological polar surface area (TPSA) is 61.4 Å². The van der Waals surface area contributed by atoms with E-state index in [2.05, 4.69) is 10.6 Å². The molecule has 5 nitrogen and oxygen atoms in total. The van der Waals surface area contributed by atoms with Gasteiger partial charge in [-0.15, -0.1) is 0 Å². The number of nitrogens with zero attached hydrogens (tertiary/aromatic N) is 1. The molecule has 0 saturated carbocycles. The smallest absolute Gasteiger partial charge is 0.251 e. The van der Waals surface area contributed by atoms with Crippen LogP contribution in [0.25, 0.3) is 0 Å². The average molecular weight is 357 g/mol. The SMILES string of the molecule is Cc1ccc(C(=O)NC(C(=O)N2CCC3(CCNC3)CC2)C(C)C)cc1. The van der Waals surface area contributed by atoms with Crippen LogP contribution < -0.4 is 10.6 Å². The van der Waals surface area contributed by atoms with Crippen molar-refractivity contribution >= 4 is 11.8 Å². The number of carbonyl (C=O) groups is 2. The number of hydrogen-bond acceptors (Lipinski definition) is 3. The predicted molar refractivity (Wildman–Crippen MR) is 103 cm³/mol. The summed E-state index contributed by atoms with van der Waals surface area (Å²) in [5.41, 5.74) is 2.10. The van der Waals surface area contributed by atoms with Crippen molar-refractivity contribution < 1.29 is 9.59 Å². The number of aryl methyl sites for hydroxylation is 1. The third-order valence-electron chi connectivity index (χ3n) is 6.00. The van der Waals surface area contributed by atoms with E-state index in [-0.39, 0.29) is 17.7 Å². The lowest BCUT2D eigenvalue weighted by molar-refractivity contribution is -0.136. The van der Waals surface area contributed by atoms with Gasteiger partial charge >= 0.3 is 0 Å². The van der Waals surface area contributed by atoms with E-state index in [0.717, 1.165) is 44.6 Å². The van der Waals surface area contributed by atoms with E-state index in [1.807, 2.05) is 49.9 Å². The Kier molecular flexibility index (Phi) is 5.66. The van der Waals surface area contributed by atoms with Crippen molar-refractivity contribution in [2.45, 2.75) is 46.1 Å². The molecule has 1 atom stereocenters. The summed E-state index contributed by atoms with van der Waals surface area (Å²) in [6.07, 6.45) is 3.33. The normalized spacial score (nSPS) is 20.4. The lowest BCUT2D eigenvalue weighted by atomic mass is 9.77. The Labute approximate surface area is 156 Å². The van der Waals surface area contributed by atoms with Crippen molar-refractivity contribution in [2.75, 3.05) is 26.2 Å².